The average Bonchev–Trinajstić information content (AvgIpc) is 2.97. The molecule has 0 saturated carbocycles. The number of carbonyl (C=O) groups excluding carboxylic acids is 1. The van der Waals surface area contributed by atoms with Gasteiger partial charge in [-0.05, 0) is 44.2 Å². The predicted octanol–water partition coefficient (Wildman–Crippen LogP) is 0.944. The maximum atomic E-state index is 12.5. The number of likely N-dealkylation sites (tertiary alicyclic amines) is 1. The second kappa shape index (κ2) is 4.63. The van der Waals surface area contributed by atoms with E-state index in [1.54, 1.807) is 4.68 Å². The molecule has 0 unspecified atom stereocenters. The molecule has 0 bridgehead atoms. The summed E-state index contributed by atoms with van der Waals surface area (Å²) in [6, 6.07) is 1.88. The van der Waals surface area contributed by atoms with Crippen molar-refractivity contribution in [2.75, 3.05) is 26.2 Å². The lowest BCUT2D eigenvalue weighted by Gasteiger charge is -2.38. The lowest BCUT2D eigenvalue weighted by atomic mass is 9.78. The zero-order valence-electron chi connectivity index (χ0n) is 11.8. The first-order valence-corrected chi connectivity index (χ1v) is 7.10. The Hall–Kier alpha value is -1.36. The third kappa shape index (κ3) is 2.27. The third-order valence-corrected chi connectivity index (χ3v) is 4.66. The first-order valence-electron chi connectivity index (χ1n) is 7.10. The Bertz CT molecular complexity index is 478. The van der Waals surface area contributed by atoms with Crippen LogP contribution in [-0.2, 0) is 7.05 Å². The summed E-state index contributed by atoms with van der Waals surface area (Å²) in [6.07, 6.45) is 3.52. The smallest absolute Gasteiger partial charge is 0.272 e. The maximum Gasteiger partial charge on any atom is 0.272 e. The number of carbonyl (C=O) groups is 1. The Balaban J connectivity index is 1.68. The summed E-state index contributed by atoms with van der Waals surface area (Å²) in [5.41, 5.74) is 2.07. The number of aryl methyl sites for hydroxylation is 2. The quantitative estimate of drug-likeness (QED) is 0.819. The molecule has 1 amide bonds. The maximum absolute atomic E-state index is 12.5. The molecular weight excluding hydrogens is 240 g/mol. The molecule has 3 heterocycles. The van der Waals surface area contributed by atoms with E-state index in [9.17, 15) is 4.79 Å². The standard InChI is InChI=1S/C14H22N4O/c1-11-9-12(17(2)16-11)13(19)18-7-4-14(5-8-18)3-6-15-10-14/h9,15H,3-8,10H2,1-2H3. The van der Waals surface area contributed by atoms with Crippen LogP contribution in [0.3, 0.4) is 0 Å². The van der Waals surface area contributed by atoms with E-state index in [0.717, 1.165) is 44.7 Å². The summed E-state index contributed by atoms with van der Waals surface area (Å²) in [6.45, 7) is 5.94. The molecule has 2 saturated heterocycles. The molecule has 1 aromatic heterocycles. The van der Waals surface area contributed by atoms with Crippen LogP contribution in [0.1, 0.15) is 35.4 Å². The second-order valence-electron chi connectivity index (χ2n) is 6.01. The molecule has 1 aromatic rings. The zero-order chi connectivity index (χ0) is 13.5. The van der Waals surface area contributed by atoms with Crippen LogP contribution < -0.4 is 5.32 Å². The summed E-state index contributed by atoms with van der Waals surface area (Å²) in [4.78, 5) is 14.5. The van der Waals surface area contributed by atoms with Crippen molar-refractivity contribution in [2.24, 2.45) is 12.5 Å². The van der Waals surface area contributed by atoms with Crippen LogP contribution in [0.25, 0.3) is 0 Å². The Labute approximate surface area is 114 Å². The monoisotopic (exact) mass is 262 g/mol. The SMILES string of the molecule is Cc1cc(C(=O)N2CCC3(CCNC3)CC2)n(C)n1. The summed E-state index contributed by atoms with van der Waals surface area (Å²) >= 11 is 0. The first kappa shape index (κ1) is 12.7. The predicted molar refractivity (Wildman–Crippen MR) is 73.0 cm³/mol. The molecule has 2 fully saturated rings. The van der Waals surface area contributed by atoms with Crippen molar-refractivity contribution in [1.82, 2.24) is 20.0 Å². The topological polar surface area (TPSA) is 50.2 Å². The highest BCUT2D eigenvalue weighted by atomic mass is 16.2. The number of nitrogens with one attached hydrogen (secondary N) is 1. The summed E-state index contributed by atoms with van der Waals surface area (Å²) in [7, 11) is 1.84. The summed E-state index contributed by atoms with van der Waals surface area (Å²) < 4.78 is 1.69. The zero-order valence-corrected chi connectivity index (χ0v) is 11.8. The van der Waals surface area contributed by atoms with Crippen molar-refractivity contribution in [3.05, 3.63) is 17.5 Å². The van der Waals surface area contributed by atoms with Crippen molar-refractivity contribution in [3.63, 3.8) is 0 Å². The molecule has 1 N–H and O–H groups in total. The lowest BCUT2D eigenvalue weighted by molar-refractivity contribution is 0.0597. The number of aromatic nitrogens is 2. The largest absolute Gasteiger partial charge is 0.337 e. The lowest BCUT2D eigenvalue weighted by Crippen LogP contribution is -2.44. The fourth-order valence-electron chi connectivity index (χ4n) is 3.38. The van der Waals surface area contributed by atoms with E-state index in [4.69, 9.17) is 0 Å². The molecule has 5 nitrogen and oxygen atoms in total. The normalized spacial score (nSPS) is 22.1. The Morgan fingerprint density at radius 1 is 1.37 bits per heavy atom. The average molecular weight is 262 g/mol. The van der Waals surface area contributed by atoms with Gasteiger partial charge in [0.15, 0.2) is 0 Å². The fourth-order valence-corrected chi connectivity index (χ4v) is 3.38. The van der Waals surface area contributed by atoms with Gasteiger partial charge >= 0.3 is 0 Å². The van der Waals surface area contributed by atoms with E-state index >= 15 is 0 Å². The van der Waals surface area contributed by atoms with Gasteiger partial charge in [0.25, 0.3) is 5.91 Å². The molecule has 19 heavy (non-hydrogen) atoms. The van der Waals surface area contributed by atoms with Crippen LogP contribution in [0.15, 0.2) is 6.07 Å². The van der Waals surface area contributed by atoms with Crippen LogP contribution in [0.4, 0.5) is 0 Å². The van der Waals surface area contributed by atoms with E-state index < -0.39 is 0 Å². The number of hydrogen-bond acceptors (Lipinski definition) is 3. The third-order valence-electron chi connectivity index (χ3n) is 4.66. The van der Waals surface area contributed by atoms with Crippen molar-refractivity contribution in [3.8, 4) is 0 Å². The molecule has 3 rings (SSSR count). The van der Waals surface area contributed by atoms with Gasteiger partial charge < -0.3 is 10.2 Å². The van der Waals surface area contributed by atoms with Gasteiger partial charge in [-0.2, -0.15) is 5.10 Å². The van der Waals surface area contributed by atoms with Gasteiger partial charge in [-0.1, -0.05) is 0 Å². The van der Waals surface area contributed by atoms with Gasteiger partial charge in [-0.25, -0.2) is 0 Å². The van der Waals surface area contributed by atoms with Crippen LogP contribution >= 0.6 is 0 Å². The summed E-state index contributed by atoms with van der Waals surface area (Å²) in [5.74, 6) is 0.129. The van der Waals surface area contributed by atoms with Crippen LogP contribution in [-0.4, -0.2) is 46.8 Å². The Kier molecular flexibility index (Phi) is 3.09. The van der Waals surface area contributed by atoms with E-state index in [-0.39, 0.29) is 5.91 Å². The van der Waals surface area contributed by atoms with Gasteiger partial charge in [0.05, 0.1) is 5.69 Å². The van der Waals surface area contributed by atoms with Crippen molar-refractivity contribution in [2.45, 2.75) is 26.2 Å². The minimum absolute atomic E-state index is 0.129. The molecule has 0 atom stereocenters. The summed E-state index contributed by atoms with van der Waals surface area (Å²) in [5, 5.41) is 7.71. The van der Waals surface area contributed by atoms with Crippen molar-refractivity contribution in [1.29, 1.82) is 0 Å². The molecule has 0 aliphatic carbocycles. The second-order valence-corrected chi connectivity index (χ2v) is 6.01. The van der Waals surface area contributed by atoms with Gasteiger partial charge in [0.1, 0.15) is 5.69 Å². The number of nitrogens with zero attached hydrogens (tertiary/aromatic N) is 3. The van der Waals surface area contributed by atoms with Gasteiger partial charge in [0.2, 0.25) is 0 Å². The van der Waals surface area contributed by atoms with E-state index in [1.807, 2.05) is 24.9 Å². The van der Waals surface area contributed by atoms with Crippen molar-refractivity contribution < 1.29 is 4.79 Å². The van der Waals surface area contributed by atoms with Crippen molar-refractivity contribution >= 4 is 5.91 Å². The minimum atomic E-state index is 0.129. The fraction of sp³-hybridized carbons (Fsp3) is 0.714. The van der Waals surface area contributed by atoms with E-state index in [1.165, 1.54) is 6.42 Å². The van der Waals surface area contributed by atoms with E-state index in [0.29, 0.717) is 11.1 Å². The molecule has 0 radical (unpaired) electrons. The van der Waals surface area contributed by atoms with Crippen LogP contribution in [0.2, 0.25) is 0 Å². The highest BCUT2D eigenvalue weighted by Gasteiger charge is 2.38. The molecular formula is C14H22N4O. The highest BCUT2D eigenvalue weighted by Crippen LogP contribution is 2.37. The minimum Gasteiger partial charge on any atom is -0.337 e. The van der Waals surface area contributed by atoms with Gasteiger partial charge in [-0.15, -0.1) is 0 Å². The molecule has 0 aromatic carbocycles. The first-order chi connectivity index (χ1) is 9.10. The van der Waals surface area contributed by atoms with Gasteiger partial charge in [-0.3, -0.25) is 9.48 Å². The van der Waals surface area contributed by atoms with Crippen LogP contribution in [0.5, 0.6) is 0 Å². The molecule has 2 aliphatic rings. The number of rotatable bonds is 1. The highest BCUT2D eigenvalue weighted by molar-refractivity contribution is 5.92. The Morgan fingerprint density at radius 3 is 2.63 bits per heavy atom. The van der Waals surface area contributed by atoms with Crippen LogP contribution in [0, 0.1) is 12.3 Å². The molecule has 1 spiro atoms. The molecule has 5 heteroatoms. The number of piperidine rings is 1. The molecule has 2 aliphatic heterocycles. The Morgan fingerprint density at radius 2 is 2.11 bits per heavy atom. The number of amides is 1. The number of hydrogen-bond donors (Lipinski definition) is 1. The molecule has 104 valence electrons. The van der Waals surface area contributed by atoms with E-state index in [2.05, 4.69) is 10.4 Å². The van der Waals surface area contributed by atoms with Gasteiger partial charge in [0, 0.05) is 26.7 Å².